The molecule has 0 aromatic rings. The number of hydrazine groups is 1. The quantitative estimate of drug-likeness (QED) is 0.561. The summed E-state index contributed by atoms with van der Waals surface area (Å²) < 4.78 is 70.5. The van der Waals surface area contributed by atoms with Crippen LogP contribution in [0.5, 0.6) is 0 Å². The molecule has 1 N–H and O–H groups in total. The van der Waals surface area contributed by atoms with E-state index in [1.165, 1.54) is 0 Å². The first kappa shape index (κ1) is 28.6. The monoisotopic (exact) mass is 562 g/mol. The number of nitrogens with zero attached hydrogens (tertiary/aromatic N) is 3. The van der Waals surface area contributed by atoms with Gasteiger partial charge in [-0.05, 0) is 87.9 Å². The molecule has 4 aliphatic heterocycles. The Morgan fingerprint density at radius 2 is 1.37 bits per heavy atom. The number of carbonyl (C=O) groups excluding carboxylic acids is 1. The minimum absolute atomic E-state index is 0.210. The maximum absolute atomic E-state index is 14.1. The Balaban J connectivity index is 1.23. The van der Waals surface area contributed by atoms with Crippen LogP contribution in [0.15, 0.2) is 0 Å². The number of sulfonamides is 1. The highest BCUT2D eigenvalue weighted by Crippen LogP contribution is 2.44. The summed E-state index contributed by atoms with van der Waals surface area (Å²) in [6.07, 6.45) is 3.40. The normalized spacial score (nSPS) is 37.3. The maximum atomic E-state index is 14.1. The Bertz CT molecular complexity index is 940. The summed E-state index contributed by atoms with van der Waals surface area (Å²) in [5.74, 6) is 0.0943. The zero-order chi connectivity index (χ0) is 27.2. The third kappa shape index (κ3) is 5.77. The molecule has 7 nitrogen and oxygen atoms in total. The average molecular weight is 563 g/mol. The number of alkyl halides is 3. The smallest absolute Gasteiger partial charge is 0.342 e. The topological polar surface area (TPSA) is 73.0 Å². The molecule has 0 aromatic carbocycles. The van der Waals surface area contributed by atoms with Crippen LogP contribution in [0, 0.1) is 29.6 Å². The molecule has 5 rings (SSSR count). The molecule has 4 saturated heterocycles. The average Bonchev–Trinajstić information content (AvgIpc) is 3.29. The molecule has 0 bridgehead atoms. The molecule has 5 fully saturated rings. The first-order valence-electron chi connectivity index (χ1n) is 14.8. The minimum Gasteiger partial charge on any atom is -0.342 e. The van der Waals surface area contributed by atoms with Crippen LogP contribution >= 0.6 is 0 Å². The van der Waals surface area contributed by atoms with E-state index in [0.29, 0.717) is 51.0 Å². The zero-order valence-corrected chi connectivity index (χ0v) is 23.7. The number of carbonyl (C=O) groups is 1. The van der Waals surface area contributed by atoms with Crippen LogP contribution in [0.1, 0.15) is 78.1 Å². The molecule has 218 valence electrons. The fourth-order valence-electron chi connectivity index (χ4n) is 7.80. The largest absolute Gasteiger partial charge is 0.406 e. The van der Waals surface area contributed by atoms with Crippen molar-refractivity contribution in [2.45, 2.75) is 102 Å². The number of amides is 1. The molecule has 0 radical (unpaired) electrons. The minimum atomic E-state index is -4.49. The molecule has 5 aliphatic rings. The first-order valence-corrected chi connectivity index (χ1v) is 16.3. The van der Waals surface area contributed by atoms with Gasteiger partial charge in [-0.25, -0.2) is 23.2 Å². The van der Waals surface area contributed by atoms with Crippen LogP contribution in [0.25, 0.3) is 0 Å². The number of fused-ring (bicyclic) bond motifs is 1. The summed E-state index contributed by atoms with van der Waals surface area (Å²) in [5.41, 5.74) is 2.67. The zero-order valence-electron chi connectivity index (χ0n) is 22.8. The van der Waals surface area contributed by atoms with Crippen LogP contribution in [-0.2, 0) is 14.8 Å². The van der Waals surface area contributed by atoms with Gasteiger partial charge < -0.3 is 4.90 Å². The van der Waals surface area contributed by atoms with E-state index in [4.69, 9.17) is 0 Å². The van der Waals surface area contributed by atoms with Gasteiger partial charge in [-0.3, -0.25) is 4.79 Å². The SMILES string of the molecule is CC1CCC(S(=O)(=O)N2CCC(C3CCN4NC(C(F)(F)F)C(C(=O)N5CCC(C)CC5)C4C3)CC2)CC1. The summed E-state index contributed by atoms with van der Waals surface area (Å²) >= 11 is 0. The van der Waals surface area contributed by atoms with E-state index >= 15 is 0 Å². The molecule has 1 saturated carbocycles. The second kappa shape index (κ2) is 11.2. The highest BCUT2D eigenvalue weighted by Gasteiger charge is 2.59. The molecule has 4 unspecified atom stereocenters. The second-order valence-corrected chi connectivity index (χ2v) is 15.1. The molecule has 4 heterocycles. The van der Waals surface area contributed by atoms with Gasteiger partial charge in [-0.15, -0.1) is 0 Å². The van der Waals surface area contributed by atoms with Gasteiger partial charge >= 0.3 is 6.18 Å². The van der Waals surface area contributed by atoms with E-state index in [2.05, 4.69) is 19.3 Å². The molecule has 38 heavy (non-hydrogen) atoms. The third-order valence-corrected chi connectivity index (χ3v) is 12.8. The van der Waals surface area contributed by atoms with Gasteiger partial charge in [0.2, 0.25) is 15.9 Å². The molecule has 4 atom stereocenters. The van der Waals surface area contributed by atoms with Gasteiger partial charge in [0, 0.05) is 38.8 Å². The Labute approximate surface area is 225 Å². The molecule has 11 heteroatoms. The lowest BCUT2D eigenvalue weighted by atomic mass is 9.74. The summed E-state index contributed by atoms with van der Waals surface area (Å²) in [5, 5.41) is 1.42. The van der Waals surface area contributed by atoms with Crippen LogP contribution in [0.4, 0.5) is 13.2 Å². The van der Waals surface area contributed by atoms with Crippen molar-refractivity contribution in [3.05, 3.63) is 0 Å². The number of nitrogens with one attached hydrogen (secondary N) is 1. The number of piperidine rings is 3. The van der Waals surface area contributed by atoms with E-state index in [-0.39, 0.29) is 23.0 Å². The van der Waals surface area contributed by atoms with E-state index < -0.39 is 34.2 Å². The molecule has 1 aliphatic carbocycles. The number of hydrogen-bond donors (Lipinski definition) is 1. The molecular weight excluding hydrogens is 517 g/mol. The van der Waals surface area contributed by atoms with Crippen molar-refractivity contribution < 1.29 is 26.4 Å². The summed E-state index contributed by atoms with van der Waals surface area (Å²) in [6.45, 7) is 6.86. The van der Waals surface area contributed by atoms with Crippen molar-refractivity contribution in [3.63, 3.8) is 0 Å². The van der Waals surface area contributed by atoms with Crippen molar-refractivity contribution in [2.24, 2.45) is 29.6 Å². The summed E-state index contributed by atoms with van der Waals surface area (Å²) in [6, 6.07) is -2.32. The standard InChI is InChI=1S/C27H45F3N4O3S/c1-18-3-5-22(6-4-18)38(36,37)33-14-9-20(10-15-33)21-11-16-34-23(17-21)24(25(31-34)27(28,29)30)26(35)32-12-7-19(2)8-13-32/h18-25,31H,3-17H2,1-2H3. The van der Waals surface area contributed by atoms with Crippen LogP contribution < -0.4 is 5.43 Å². The predicted octanol–water partition coefficient (Wildman–Crippen LogP) is 4.01. The molecule has 0 aromatic heterocycles. The lowest BCUT2D eigenvalue weighted by Crippen LogP contribution is -2.52. The van der Waals surface area contributed by atoms with Gasteiger partial charge in [0.25, 0.3) is 0 Å². The number of likely N-dealkylation sites (tertiary alicyclic amines) is 1. The molecular formula is C27H45F3N4O3S. The Morgan fingerprint density at radius 3 is 1.97 bits per heavy atom. The van der Waals surface area contributed by atoms with E-state index in [1.54, 1.807) is 14.2 Å². The third-order valence-electron chi connectivity index (χ3n) is 10.4. The Hall–Kier alpha value is -0.910. The molecule has 1 amide bonds. The van der Waals surface area contributed by atoms with Gasteiger partial charge in [-0.1, -0.05) is 13.8 Å². The number of rotatable bonds is 4. The number of halogens is 3. The highest BCUT2D eigenvalue weighted by atomic mass is 32.2. The predicted molar refractivity (Wildman–Crippen MR) is 139 cm³/mol. The highest BCUT2D eigenvalue weighted by molar-refractivity contribution is 7.89. The van der Waals surface area contributed by atoms with Crippen molar-refractivity contribution in [2.75, 3.05) is 32.7 Å². The molecule has 0 spiro atoms. The summed E-state index contributed by atoms with van der Waals surface area (Å²) in [7, 11) is -3.30. The van der Waals surface area contributed by atoms with Crippen molar-refractivity contribution in [3.8, 4) is 0 Å². The summed E-state index contributed by atoms with van der Waals surface area (Å²) in [4.78, 5) is 15.2. The van der Waals surface area contributed by atoms with Crippen LogP contribution in [-0.4, -0.2) is 84.8 Å². The van der Waals surface area contributed by atoms with E-state index in [0.717, 1.165) is 57.8 Å². The fourth-order valence-corrected chi connectivity index (χ4v) is 9.81. The van der Waals surface area contributed by atoms with Crippen LogP contribution in [0.3, 0.4) is 0 Å². The van der Waals surface area contributed by atoms with Gasteiger partial charge in [0.15, 0.2) is 0 Å². The van der Waals surface area contributed by atoms with E-state index in [1.807, 2.05) is 0 Å². The Morgan fingerprint density at radius 1 is 0.789 bits per heavy atom. The lowest BCUT2D eigenvalue weighted by molar-refractivity contribution is -0.172. The maximum Gasteiger partial charge on any atom is 0.406 e. The van der Waals surface area contributed by atoms with Gasteiger partial charge in [0.1, 0.15) is 6.04 Å². The Kier molecular flexibility index (Phi) is 8.41. The van der Waals surface area contributed by atoms with Gasteiger partial charge in [-0.2, -0.15) is 13.2 Å². The van der Waals surface area contributed by atoms with Crippen molar-refractivity contribution in [1.82, 2.24) is 19.6 Å². The van der Waals surface area contributed by atoms with Crippen molar-refractivity contribution in [1.29, 1.82) is 0 Å². The first-order chi connectivity index (χ1) is 17.9. The lowest BCUT2D eigenvalue weighted by Gasteiger charge is -2.43. The number of hydrogen-bond acceptors (Lipinski definition) is 5. The fraction of sp³-hybridized carbons (Fsp3) is 0.963. The van der Waals surface area contributed by atoms with Crippen molar-refractivity contribution >= 4 is 15.9 Å². The van der Waals surface area contributed by atoms with E-state index in [9.17, 15) is 26.4 Å². The van der Waals surface area contributed by atoms with Gasteiger partial charge in [0.05, 0.1) is 11.2 Å². The second-order valence-electron chi connectivity index (χ2n) is 12.9. The van der Waals surface area contributed by atoms with Crippen LogP contribution in [0.2, 0.25) is 0 Å².